The van der Waals surface area contributed by atoms with Gasteiger partial charge < -0.3 is 10.0 Å². The maximum Gasteiger partial charge on any atom is 0.228 e. The Kier molecular flexibility index (Phi) is 3.77. The zero-order valence-electron chi connectivity index (χ0n) is 10.3. The maximum absolute atomic E-state index is 12.0. The zero-order valence-corrected chi connectivity index (χ0v) is 10.3. The van der Waals surface area contributed by atoms with Crippen LogP contribution in [0.3, 0.4) is 0 Å². The summed E-state index contributed by atoms with van der Waals surface area (Å²) in [6, 6.07) is 0. The van der Waals surface area contributed by atoms with Crippen LogP contribution in [0.25, 0.3) is 0 Å². The van der Waals surface area contributed by atoms with E-state index in [1.807, 2.05) is 20.8 Å². The third-order valence-corrected chi connectivity index (χ3v) is 3.44. The topological polar surface area (TPSA) is 40.5 Å². The summed E-state index contributed by atoms with van der Waals surface area (Å²) in [5.41, 5.74) is -0.308. The predicted molar refractivity (Wildman–Crippen MR) is 60.4 cm³/mol. The van der Waals surface area contributed by atoms with Gasteiger partial charge in [-0.3, -0.25) is 4.79 Å². The Morgan fingerprint density at radius 1 is 1.53 bits per heavy atom. The van der Waals surface area contributed by atoms with Gasteiger partial charge in [0.05, 0.1) is 6.10 Å². The molecule has 0 bridgehead atoms. The quantitative estimate of drug-likeness (QED) is 0.754. The second-order valence-electron chi connectivity index (χ2n) is 5.33. The first kappa shape index (κ1) is 12.5. The molecule has 0 aromatic carbocycles. The van der Waals surface area contributed by atoms with Gasteiger partial charge in [0, 0.05) is 19.0 Å². The predicted octanol–water partition coefficient (Wildman–Crippen LogP) is 1.65. The Balaban J connectivity index is 2.44. The second-order valence-corrected chi connectivity index (χ2v) is 5.33. The number of carbonyl (C=O) groups excluding carboxylic acids is 1. The van der Waals surface area contributed by atoms with E-state index < -0.39 is 0 Å². The van der Waals surface area contributed by atoms with E-state index in [1.165, 1.54) is 0 Å². The molecule has 0 radical (unpaired) electrons. The van der Waals surface area contributed by atoms with Gasteiger partial charge in [0.25, 0.3) is 0 Å². The molecule has 1 saturated carbocycles. The molecule has 1 atom stereocenters. The van der Waals surface area contributed by atoms with E-state index in [0.717, 1.165) is 19.3 Å². The van der Waals surface area contributed by atoms with Crippen LogP contribution in [-0.2, 0) is 4.79 Å². The SMILES string of the molecule is CCC(C)(C)C(=O)N(C)CC(O)C1CC1. The van der Waals surface area contributed by atoms with Crippen LogP contribution in [0, 0.1) is 11.3 Å². The van der Waals surface area contributed by atoms with Crippen molar-refractivity contribution in [3.05, 3.63) is 0 Å². The highest BCUT2D eigenvalue weighted by Gasteiger charge is 2.34. The largest absolute Gasteiger partial charge is 0.391 e. The van der Waals surface area contributed by atoms with Crippen molar-refractivity contribution in [3.8, 4) is 0 Å². The molecule has 15 heavy (non-hydrogen) atoms. The molecule has 1 N–H and O–H groups in total. The lowest BCUT2D eigenvalue weighted by Crippen LogP contribution is -2.42. The third-order valence-electron chi connectivity index (χ3n) is 3.44. The molecule has 1 amide bonds. The van der Waals surface area contributed by atoms with Crippen molar-refractivity contribution in [3.63, 3.8) is 0 Å². The number of hydrogen-bond donors (Lipinski definition) is 1. The van der Waals surface area contributed by atoms with Gasteiger partial charge in [0.2, 0.25) is 5.91 Å². The number of rotatable bonds is 5. The molecule has 0 aromatic heterocycles. The summed E-state index contributed by atoms with van der Waals surface area (Å²) < 4.78 is 0. The number of amides is 1. The van der Waals surface area contributed by atoms with Gasteiger partial charge in [-0.05, 0) is 25.2 Å². The minimum Gasteiger partial charge on any atom is -0.391 e. The van der Waals surface area contributed by atoms with Crippen LogP contribution >= 0.6 is 0 Å². The monoisotopic (exact) mass is 213 g/mol. The molecule has 0 aromatic rings. The van der Waals surface area contributed by atoms with Crippen molar-refractivity contribution >= 4 is 5.91 Å². The van der Waals surface area contributed by atoms with Gasteiger partial charge in [-0.25, -0.2) is 0 Å². The van der Waals surface area contributed by atoms with Crippen molar-refractivity contribution in [2.24, 2.45) is 11.3 Å². The number of aliphatic hydroxyl groups excluding tert-OH is 1. The first-order valence-electron chi connectivity index (χ1n) is 5.82. The highest BCUT2D eigenvalue weighted by molar-refractivity contribution is 5.81. The average Bonchev–Trinajstić information content (AvgIpc) is 2.99. The van der Waals surface area contributed by atoms with E-state index in [2.05, 4.69) is 0 Å². The van der Waals surface area contributed by atoms with Crippen LogP contribution in [0.4, 0.5) is 0 Å². The normalized spacial score (nSPS) is 18.7. The molecule has 0 saturated heterocycles. The van der Waals surface area contributed by atoms with Crippen LogP contribution < -0.4 is 0 Å². The van der Waals surface area contributed by atoms with Crippen LogP contribution in [-0.4, -0.2) is 35.6 Å². The zero-order chi connectivity index (χ0) is 11.6. The standard InChI is InChI=1S/C12H23NO2/c1-5-12(2,3)11(15)13(4)8-10(14)9-6-7-9/h9-10,14H,5-8H2,1-4H3. The summed E-state index contributed by atoms with van der Waals surface area (Å²) in [4.78, 5) is 13.7. The van der Waals surface area contributed by atoms with Crippen LogP contribution in [0.5, 0.6) is 0 Å². The summed E-state index contributed by atoms with van der Waals surface area (Å²) in [6.07, 6.45) is 2.72. The Hall–Kier alpha value is -0.570. The van der Waals surface area contributed by atoms with Crippen molar-refractivity contribution in [2.45, 2.75) is 46.1 Å². The molecule has 1 unspecified atom stereocenters. The van der Waals surface area contributed by atoms with Gasteiger partial charge in [-0.2, -0.15) is 0 Å². The molecular weight excluding hydrogens is 190 g/mol. The van der Waals surface area contributed by atoms with Crippen molar-refractivity contribution in [1.82, 2.24) is 4.90 Å². The van der Waals surface area contributed by atoms with E-state index >= 15 is 0 Å². The fraction of sp³-hybridized carbons (Fsp3) is 0.917. The molecule has 88 valence electrons. The highest BCUT2D eigenvalue weighted by atomic mass is 16.3. The fourth-order valence-corrected chi connectivity index (χ4v) is 1.66. The maximum atomic E-state index is 12.0. The molecule has 0 spiro atoms. The van der Waals surface area contributed by atoms with Crippen molar-refractivity contribution in [1.29, 1.82) is 0 Å². The Labute approximate surface area is 92.5 Å². The summed E-state index contributed by atoms with van der Waals surface area (Å²) in [6.45, 7) is 6.40. The molecular formula is C12H23NO2. The summed E-state index contributed by atoms with van der Waals surface area (Å²) in [5, 5.41) is 9.75. The molecule has 1 fully saturated rings. The lowest BCUT2D eigenvalue weighted by atomic mass is 9.88. The summed E-state index contributed by atoms with van der Waals surface area (Å²) in [7, 11) is 1.78. The number of likely N-dealkylation sites (N-methyl/N-ethyl adjacent to an activating group) is 1. The summed E-state index contributed by atoms with van der Waals surface area (Å²) in [5.74, 6) is 0.565. The molecule has 1 rings (SSSR count). The number of aliphatic hydroxyl groups is 1. The Bertz CT molecular complexity index is 234. The van der Waals surface area contributed by atoms with Gasteiger partial charge in [-0.1, -0.05) is 20.8 Å². The molecule has 1 aliphatic carbocycles. The second kappa shape index (κ2) is 4.52. The number of nitrogens with zero attached hydrogens (tertiary/aromatic N) is 1. The molecule has 3 heteroatoms. The Morgan fingerprint density at radius 3 is 2.47 bits per heavy atom. The van der Waals surface area contributed by atoms with Gasteiger partial charge in [0.15, 0.2) is 0 Å². The first-order chi connectivity index (χ1) is 6.88. The van der Waals surface area contributed by atoms with E-state index in [9.17, 15) is 9.90 Å². The minimum atomic E-state index is -0.327. The Morgan fingerprint density at radius 2 is 2.07 bits per heavy atom. The van der Waals surface area contributed by atoms with E-state index in [1.54, 1.807) is 11.9 Å². The van der Waals surface area contributed by atoms with E-state index in [-0.39, 0.29) is 17.4 Å². The molecule has 3 nitrogen and oxygen atoms in total. The number of carbonyl (C=O) groups is 1. The van der Waals surface area contributed by atoms with E-state index in [0.29, 0.717) is 12.5 Å². The molecule has 0 aliphatic heterocycles. The van der Waals surface area contributed by atoms with Gasteiger partial charge >= 0.3 is 0 Å². The van der Waals surface area contributed by atoms with Crippen LogP contribution in [0.1, 0.15) is 40.0 Å². The minimum absolute atomic E-state index is 0.129. The lowest BCUT2D eigenvalue weighted by molar-refractivity contribution is -0.140. The first-order valence-corrected chi connectivity index (χ1v) is 5.82. The number of hydrogen-bond acceptors (Lipinski definition) is 2. The third kappa shape index (κ3) is 3.20. The lowest BCUT2D eigenvalue weighted by Gasteiger charge is -2.29. The molecule has 0 heterocycles. The van der Waals surface area contributed by atoms with Crippen molar-refractivity contribution < 1.29 is 9.90 Å². The van der Waals surface area contributed by atoms with Gasteiger partial charge in [0.1, 0.15) is 0 Å². The van der Waals surface area contributed by atoms with E-state index in [4.69, 9.17) is 0 Å². The van der Waals surface area contributed by atoms with Crippen LogP contribution in [0.15, 0.2) is 0 Å². The highest BCUT2D eigenvalue weighted by Crippen LogP contribution is 2.33. The average molecular weight is 213 g/mol. The molecule has 1 aliphatic rings. The van der Waals surface area contributed by atoms with Crippen LogP contribution in [0.2, 0.25) is 0 Å². The smallest absolute Gasteiger partial charge is 0.228 e. The fourth-order valence-electron chi connectivity index (χ4n) is 1.66. The van der Waals surface area contributed by atoms with Gasteiger partial charge in [-0.15, -0.1) is 0 Å². The van der Waals surface area contributed by atoms with Crippen molar-refractivity contribution in [2.75, 3.05) is 13.6 Å². The summed E-state index contributed by atoms with van der Waals surface area (Å²) >= 11 is 0.